The highest BCUT2D eigenvalue weighted by Crippen LogP contribution is 2.12. The van der Waals surface area contributed by atoms with Crippen molar-refractivity contribution >= 4 is 23.8 Å². The number of nitrogens with one attached hydrogen (secondary N) is 2. The summed E-state index contributed by atoms with van der Waals surface area (Å²) in [6.45, 7) is 3.53. The van der Waals surface area contributed by atoms with Gasteiger partial charge in [0.2, 0.25) is 0 Å². The average molecular weight is 377 g/mol. The van der Waals surface area contributed by atoms with Crippen LogP contribution in [0.3, 0.4) is 0 Å². The minimum Gasteiger partial charge on any atom is -0.497 e. The van der Waals surface area contributed by atoms with E-state index in [-0.39, 0.29) is 12.5 Å². The number of benzene rings is 1. The molecule has 2 N–H and O–H groups in total. The fourth-order valence-corrected chi connectivity index (χ4v) is 2.47. The first kappa shape index (κ1) is 20.2. The van der Waals surface area contributed by atoms with E-state index in [1.807, 2.05) is 0 Å². The van der Waals surface area contributed by atoms with Crippen LogP contribution in [-0.4, -0.2) is 61.6 Å². The second-order valence-electron chi connectivity index (χ2n) is 6.31. The molecule has 0 bridgehead atoms. The lowest BCUT2D eigenvalue weighted by Gasteiger charge is -2.21. The van der Waals surface area contributed by atoms with E-state index in [4.69, 9.17) is 9.47 Å². The van der Waals surface area contributed by atoms with Gasteiger partial charge in [-0.25, -0.2) is 9.59 Å². The molecule has 0 saturated carbocycles. The Morgan fingerprint density at radius 3 is 2.41 bits per heavy atom. The zero-order valence-electron chi connectivity index (χ0n) is 15.5. The Balaban J connectivity index is 1.94. The Hall–Kier alpha value is -3.10. The highest BCUT2D eigenvalue weighted by Gasteiger charge is 2.30. The zero-order chi connectivity index (χ0) is 20.0. The van der Waals surface area contributed by atoms with E-state index in [0.717, 1.165) is 4.90 Å². The number of hydrogen-bond acceptors (Lipinski definition) is 6. The fourth-order valence-electron chi connectivity index (χ4n) is 2.47. The normalized spacial score (nSPS) is 14.5. The van der Waals surface area contributed by atoms with Crippen molar-refractivity contribution in [3.05, 3.63) is 29.8 Å². The van der Waals surface area contributed by atoms with Gasteiger partial charge in [0.25, 0.3) is 11.8 Å². The summed E-state index contributed by atoms with van der Waals surface area (Å²) >= 11 is 0. The smallest absolute Gasteiger partial charge is 0.329 e. The number of imide groups is 1. The van der Waals surface area contributed by atoms with Crippen LogP contribution in [0.5, 0.6) is 5.75 Å². The first-order valence-corrected chi connectivity index (χ1v) is 8.53. The predicted molar refractivity (Wildman–Crippen MR) is 95.2 cm³/mol. The molecule has 0 spiro atoms. The van der Waals surface area contributed by atoms with E-state index < -0.39 is 36.5 Å². The molecule has 2 rings (SSSR count). The molecule has 1 atom stereocenters. The van der Waals surface area contributed by atoms with Crippen molar-refractivity contribution in [1.82, 2.24) is 15.5 Å². The summed E-state index contributed by atoms with van der Waals surface area (Å²) in [5.74, 6) is -1.44. The Morgan fingerprint density at radius 1 is 1.22 bits per heavy atom. The molecule has 1 heterocycles. The minimum absolute atomic E-state index is 0.233. The molecule has 1 saturated heterocycles. The van der Waals surface area contributed by atoms with Crippen molar-refractivity contribution in [2.24, 2.45) is 5.92 Å². The number of amides is 4. The van der Waals surface area contributed by atoms with Gasteiger partial charge in [-0.05, 0) is 30.2 Å². The van der Waals surface area contributed by atoms with Crippen LogP contribution in [0.15, 0.2) is 24.3 Å². The summed E-state index contributed by atoms with van der Waals surface area (Å²) in [5.41, 5.74) is 0.360. The Bertz CT molecular complexity index is 716. The van der Waals surface area contributed by atoms with Gasteiger partial charge in [-0.3, -0.25) is 14.5 Å². The topological polar surface area (TPSA) is 114 Å². The van der Waals surface area contributed by atoms with Gasteiger partial charge in [0, 0.05) is 18.7 Å². The molecular weight excluding hydrogens is 354 g/mol. The zero-order valence-corrected chi connectivity index (χ0v) is 15.5. The van der Waals surface area contributed by atoms with E-state index in [1.54, 1.807) is 38.1 Å². The van der Waals surface area contributed by atoms with Gasteiger partial charge in [-0.2, -0.15) is 0 Å². The van der Waals surface area contributed by atoms with Crippen LogP contribution in [0.4, 0.5) is 4.79 Å². The van der Waals surface area contributed by atoms with Crippen molar-refractivity contribution in [1.29, 1.82) is 0 Å². The standard InChI is InChI=1S/C18H23N3O6/c1-11(2)15(20-16(23)12-4-6-13(26-3)7-5-12)17(24)27-10-14(22)21-9-8-19-18(21)25/h4-7,11,15H,8-10H2,1-3H3,(H,19,25)(H,20,23)/t15-/m0/s1. The maximum atomic E-state index is 12.4. The molecular formula is C18H23N3O6. The number of esters is 1. The molecule has 146 valence electrons. The van der Waals surface area contributed by atoms with Crippen molar-refractivity contribution in [3.8, 4) is 5.75 Å². The summed E-state index contributed by atoms with van der Waals surface area (Å²) in [6, 6.07) is 4.98. The molecule has 0 radical (unpaired) electrons. The largest absolute Gasteiger partial charge is 0.497 e. The molecule has 4 amide bonds. The minimum atomic E-state index is -0.931. The Kier molecular flexibility index (Phi) is 6.75. The van der Waals surface area contributed by atoms with Gasteiger partial charge in [0.15, 0.2) is 6.61 Å². The number of urea groups is 1. The lowest BCUT2D eigenvalue weighted by molar-refractivity contribution is -0.153. The summed E-state index contributed by atoms with van der Waals surface area (Å²) in [4.78, 5) is 49.1. The number of ether oxygens (including phenoxy) is 2. The van der Waals surface area contributed by atoms with Crippen LogP contribution < -0.4 is 15.4 Å². The SMILES string of the molecule is COc1ccc(C(=O)N[C@H](C(=O)OCC(=O)N2CCNC2=O)C(C)C)cc1. The van der Waals surface area contributed by atoms with Gasteiger partial charge in [-0.15, -0.1) is 0 Å². The lowest BCUT2D eigenvalue weighted by Crippen LogP contribution is -2.46. The quantitative estimate of drug-likeness (QED) is 0.671. The predicted octanol–water partition coefficient (Wildman–Crippen LogP) is 0.545. The van der Waals surface area contributed by atoms with Crippen LogP contribution in [0.2, 0.25) is 0 Å². The van der Waals surface area contributed by atoms with Crippen LogP contribution in [0.25, 0.3) is 0 Å². The van der Waals surface area contributed by atoms with E-state index in [0.29, 0.717) is 17.9 Å². The van der Waals surface area contributed by atoms with Crippen LogP contribution >= 0.6 is 0 Å². The third-order valence-corrected chi connectivity index (χ3v) is 4.06. The number of carbonyl (C=O) groups excluding carboxylic acids is 4. The number of rotatable bonds is 7. The molecule has 0 aromatic heterocycles. The van der Waals surface area contributed by atoms with E-state index >= 15 is 0 Å². The number of methoxy groups -OCH3 is 1. The van der Waals surface area contributed by atoms with Gasteiger partial charge in [-0.1, -0.05) is 13.8 Å². The molecule has 9 heteroatoms. The maximum absolute atomic E-state index is 12.4. The Labute approximate surface area is 157 Å². The third-order valence-electron chi connectivity index (χ3n) is 4.06. The summed E-state index contributed by atoms with van der Waals surface area (Å²) in [7, 11) is 1.52. The van der Waals surface area contributed by atoms with Crippen molar-refractivity contribution < 1.29 is 28.7 Å². The van der Waals surface area contributed by atoms with Crippen molar-refractivity contribution in [2.75, 3.05) is 26.8 Å². The Morgan fingerprint density at radius 2 is 1.89 bits per heavy atom. The van der Waals surface area contributed by atoms with Gasteiger partial charge < -0.3 is 20.1 Å². The highest BCUT2D eigenvalue weighted by atomic mass is 16.5. The molecule has 1 aliphatic heterocycles. The molecule has 1 aromatic carbocycles. The number of nitrogens with zero attached hydrogens (tertiary/aromatic N) is 1. The second-order valence-corrected chi connectivity index (χ2v) is 6.31. The van der Waals surface area contributed by atoms with Crippen LogP contribution in [-0.2, 0) is 14.3 Å². The summed E-state index contributed by atoms with van der Waals surface area (Å²) in [5, 5.41) is 5.10. The molecule has 1 aliphatic rings. The van der Waals surface area contributed by atoms with Crippen LogP contribution in [0, 0.1) is 5.92 Å². The molecule has 1 fully saturated rings. The van der Waals surface area contributed by atoms with E-state index in [2.05, 4.69) is 10.6 Å². The number of hydrogen-bond donors (Lipinski definition) is 2. The second kappa shape index (κ2) is 9.02. The highest BCUT2D eigenvalue weighted by molar-refractivity contribution is 5.98. The molecule has 9 nitrogen and oxygen atoms in total. The molecule has 1 aromatic rings. The lowest BCUT2D eigenvalue weighted by atomic mass is 10.0. The van der Waals surface area contributed by atoms with Crippen LogP contribution in [0.1, 0.15) is 24.2 Å². The summed E-state index contributed by atoms with van der Waals surface area (Å²) < 4.78 is 10.1. The summed E-state index contributed by atoms with van der Waals surface area (Å²) in [6.07, 6.45) is 0. The fraction of sp³-hybridized carbons (Fsp3) is 0.444. The van der Waals surface area contributed by atoms with Crippen molar-refractivity contribution in [3.63, 3.8) is 0 Å². The average Bonchev–Trinajstić information content (AvgIpc) is 3.09. The number of carbonyl (C=O) groups is 4. The van der Waals surface area contributed by atoms with E-state index in [1.165, 1.54) is 7.11 Å². The van der Waals surface area contributed by atoms with Crippen molar-refractivity contribution in [2.45, 2.75) is 19.9 Å². The third kappa shape index (κ3) is 5.19. The van der Waals surface area contributed by atoms with E-state index in [9.17, 15) is 19.2 Å². The monoisotopic (exact) mass is 377 g/mol. The first-order chi connectivity index (χ1) is 12.8. The molecule has 0 aliphatic carbocycles. The maximum Gasteiger partial charge on any atom is 0.329 e. The van der Waals surface area contributed by atoms with Gasteiger partial charge >= 0.3 is 12.0 Å². The van der Waals surface area contributed by atoms with Gasteiger partial charge in [0.1, 0.15) is 11.8 Å². The van der Waals surface area contributed by atoms with Gasteiger partial charge in [0.05, 0.1) is 7.11 Å². The molecule has 0 unspecified atom stereocenters. The molecule has 27 heavy (non-hydrogen) atoms. The first-order valence-electron chi connectivity index (χ1n) is 8.53.